The van der Waals surface area contributed by atoms with E-state index < -0.39 is 17.5 Å². The third-order valence-corrected chi connectivity index (χ3v) is 3.87. The molecule has 4 rings (SSSR count). The van der Waals surface area contributed by atoms with Crippen LogP contribution in [0.1, 0.15) is 10.5 Å². The van der Waals surface area contributed by atoms with Gasteiger partial charge in [0.1, 0.15) is 17.8 Å². The Kier molecular flexibility index (Phi) is 5.70. The number of aromatic carboxylic acids is 1. The first-order valence-corrected chi connectivity index (χ1v) is 7.70. The maximum absolute atomic E-state index is 11.4. The van der Waals surface area contributed by atoms with Gasteiger partial charge in [-0.2, -0.15) is 9.78 Å². The van der Waals surface area contributed by atoms with Crippen LogP contribution in [0.4, 0.5) is 5.82 Å². The number of hydrogen-bond donors (Lipinski definition) is 1. The van der Waals surface area contributed by atoms with Crippen LogP contribution in [0.3, 0.4) is 0 Å². The molecule has 27 heavy (non-hydrogen) atoms. The van der Waals surface area contributed by atoms with E-state index in [1.54, 1.807) is 6.07 Å². The standard InChI is InChI=1S/C14H14N8O4.Na/c23-13-12(21-2-1-17-19-21)11(14(24)25)18-22(13)10-7-9(15-8-16-10)20-3-5-26-6-4-20;/h1-2,7-8,23H,3-6H2,(H,24,25);/q;+1/p-1. The van der Waals surface area contributed by atoms with Crippen molar-refractivity contribution in [1.29, 1.82) is 0 Å². The average Bonchev–Trinajstić information content (AvgIpc) is 3.30. The number of carboxylic acid groups (broad SMARTS) is 1. The second-order valence-corrected chi connectivity index (χ2v) is 5.40. The third kappa shape index (κ3) is 3.64. The first-order valence-electron chi connectivity index (χ1n) is 7.70. The largest absolute Gasteiger partial charge is 1.00 e. The Morgan fingerprint density at radius 2 is 1.96 bits per heavy atom. The Hall–Kier alpha value is -2.54. The molecular weight excluding hydrogens is 367 g/mol. The van der Waals surface area contributed by atoms with E-state index in [0.29, 0.717) is 32.1 Å². The van der Waals surface area contributed by atoms with Crippen molar-refractivity contribution in [2.45, 2.75) is 0 Å². The van der Waals surface area contributed by atoms with E-state index in [2.05, 4.69) is 25.4 Å². The molecule has 0 atom stereocenters. The number of aromatic hydroxyl groups is 1. The monoisotopic (exact) mass is 380 g/mol. The maximum Gasteiger partial charge on any atom is 1.00 e. The van der Waals surface area contributed by atoms with Gasteiger partial charge in [0.05, 0.1) is 31.6 Å². The van der Waals surface area contributed by atoms with Gasteiger partial charge in [-0.25, -0.2) is 14.6 Å². The van der Waals surface area contributed by atoms with Crippen LogP contribution in [0.5, 0.6) is 5.88 Å². The minimum absolute atomic E-state index is 0. The summed E-state index contributed by atoms with van der Waals surface area (Å²) in [5.41, 5.74) is -0.645. The van der Waals surface area contributed by atoms with Crippen molar-refractivity contribution in [3.63, 3.8) is 0 Å². The fourth-order valence-electron chi connectivity index (χ4n) is 2.66. The third-order valence-electron chi connectivity index (χ3n) is 3.87. The summed E-state index contributed by atoms with van der Waals surface area (Å²) in [5, 5.41) is 33.1. The number of carbonyl (C=O) groups excluding carboxylic acids is 1. The molecule has 0 bridgehead atoms. The summed E-state index contributed by atoms with van der Waals surface area (Å²) in [7, 11) is 0. The van der Waals surface area contributed by atoms with Gasteiger partial charge in [-0.15, -0.1) is 5.10 Å². The number of carbonyl (C=O) groups is 1. The van der Waals surface area contributed by atoms with Gasteiger partial charge in [-0.3, -0.25) is 0 Å². The van der Waals surface area contributed by atoms with Gasteiger partial charge in [0, 0.05) is 19.2 Å². The number of anilines is 1. The van der Waals surface area contributed by atoms with E-state index in [-0.39, 0.29) is 41.1 Å². The van der Waals surface area contributed by atoms with Crippen molar-refractivity contribution >= 4 is 11.8 Å². The van der Waals surface area contributed by atoms with Crippen molar-refractivity contribution in [3.05, 3.63) is 30.5 Å². The molecule has 12 nitrogen and oxygen atoms in total. The second-order valence-electron chi connectivity index (χ2n) is 5.40. The Labute approximate surface area is 174 Å². The molecule has 3 aromatic rings. The quantitative estimate of drug-likeness (QED) is 0.437. The molecule has 0 amide bonds. The van der Waals surface area contributed by atoms with Crippen LogP contribution < -0.4 is 39.6 Å². The van der Waals surface area contributed by atoms with Crippen LogP contribution in [-0.2, 0) is 4.74 Å². The summed E-state index contributed by atoms with van der Waals surface area (Å²) in [6, 6.07) is 1.60. The molecule has 1 saturated heterocycles. The van der Waals surface area contributed by atoms with Crippen LogP contribution in [0.2, 0.25) is 0 Å². The molecule has 0 unspecified atom stereocenters. The SMILES string of the molecule is O=C([O-])c1nn(-c2cc(N3CCOCC3)ncn2)c(O)c1-n1ccnn1.[Na+]. The molecule has 134 valence electrons. The molecule has 1 aliphatic rings. The summed E-state index contributed by atoms with van der Waals surface area (Å²) >= 11 is 0. The molecule has 0 aliphatic carbocycles. The van der Waals surface area contributed by atoms with Crippen LogP contribution in [0.25, 0.3) is 11.5 Å². The minimum atomic E-state index is -1.56. The van der Waals surface area contributed by atoms with Crippen LogP contribution in [-0.4, -0.2) is 72.1 Å². The second kappa shape index (κ2) is 8.00. The van der Waals surface area contributed by atoms with Gasteiger partial charge in [0.15, 0.2) is 11.5 Å². The molecule has 1 fully saturated rings. The van der Waals surface area contributed by atoms with Gasteiger partial charge < -0.3 is 24.6 Å². The number of morpholine rings is 1. The Morgan fingerprint density at radius 1 is 1.22 bits per heavy atom. The fraction of sp³-hybridized carbons (Fsp3) is 0.286. The van der Waals surface area contributed by atoms with Crippen molar-refractivity contribution in [3.8, 4) is 17.4 Å². The molecule has 0 aromatic carbocycles. The average molecular weight is 380 g/mol. The number of hydrogen-bond acceptors (Lipinski definition) is 10. The zero-order chi connectivity index (χ0) is 18.1. The van der Waals surface area contributed by atoms with Crippen molar-refractivity contribution in [2.75, 3.05) is 31.2 Å². The van der Waals surface area contributed by atoms with Gasteiger partial charge in [0.2, 0.25) is 5.88 Å². The van der Waals surface area contributed by atoms with E-state index in [1.165, 1.54) is 18.7 Å². The van der Waals surface area contributed by atoms with Crippen molar-refractivity contribution in [2.24, 2.45) is 0 Å². The molecule has 1 aliphatic heterocycles. The molecule has 13 heteroatoms. The van der Waals surface area contributed by atoms with E-state index in [9.17, 15) is 15.0 Å². The molecule has 4 heterocycles. The van der Waals surface area contributed by atoms with E-state index in [4.69, 9.17) is 4.74 Å². The predicted octanol–water partition coefficient (Wildman–Crippen LogP) is -4.85. The number of aromatic nitrogens is 7. The number of rotatable bonds is 4. The van der Waals surface area contributed by atoms with Gasteiger partial charge in [0.25, 0.3) is 0 Å². The number of carboxylic acids is 1. The Bertz CT molecular complexity index is 939. The Balaban J connectivity index is 0.00000210. The molecule has 1 N–H and O–H groups in total. The molecule has 0 spiro atoms. The first kappa shape index (κ1) is 19.2. The molecule has 0 radical (unpaired) electrons. The fourth-order valence-corrected chi connectivity index (χ4v) is 2.66. The van der Waals surface area contributed by atoms with Gasteiger partial charge in [-0.05, 0) is 0 Å². The molecular formula is C14H13N8NaO4. The van der Waals surface area contributed by atoms with Crippen molar-refractivity contribution < 1.29 is 49.3 Å². The van der Waals surface area contributed by atoms with Crippen molar-refractivity contribution in [1.82, 2.24) is 34.7 Å². The summed E-state index contributed by atoms with van der Waals surface area (Å²) < 4.78 is 7.40. The van der Waals surface area contributed by atoms with Crippen LogP contribution in [0, 0.1) is 0 Å². The zero-order valence-electron chi connectivity index (χ0n) is 14.4. The zero-order valence-corrected chi connectivity index (χ0v) is 16.4. The minimum Gasteiger partial charge on any atom is -0.543 e. The van der Waals surface area contributed by atoms with Gasteiger partial charge >= 0.3 is 29.6 Å². The number of ether oxygens (including phenoxy) is 1. The number of nitrogens with zero attached hydrogens (tertiary/aromatic N) is 8. The van der Waals surface area contributed by atoms with Gasteiger partial charge in [-0.1, -0.05) is 5.21 Å². The smallest absolute Gasteiger partial charge is 0.543 e. The Morgan fingerprint density at radius 3 is 2.63 bits per heavy atom. The summed E-state index contributed by atoms with van der Waals surface area (Å²) in [4.78, 5) is 21.7. The topological polar surface area (TPSA) is 147 Å². The predicted molar refractivity (Wildman–Crippen MR) is 83.1 cm³/mol. The molecule has 3 aromatic heterocycles. The maximum atomic E-state index is 11.4. The first-order chi connectivity index (χ1) is 12.6. The van der Waals surface area contributed by atoms with E-state index in [1.807, 2.05) is 4.90 Å². The van der Waals surface area contributed by atoms with Crippen LogP contribution >= 0.6 is 0 Å². The van der Waals surface area contributed by atoms with Crippen LogP contribution in [0.15, 0.2) is 24.8 Å². The summed E-state index contributed by atoms with van der Waals surface area (Å²) in [5.74, 6) is -1.20. The molecule has 0 saturated carbocycles. The van der Waals surface area contributed by atoms with E-state index in [0.717, 1.165) is 9.36 Å². The normalized spacial score (nSPS) is 14.0. The summed E-state index contributed by atoms with van der Waals surface area (Å²) in [6.07, 6.45) is 4.04. The van der Waals surface area contributed by atoms with E-state index >= 15 is 0 Å². The summed E-state index contributed by atoms with van der Waals surface area (Å²) in [6.45, 7) is 2.49.